The quantitative estimate of drug-likeness (QED) is 0.790. The maximum atomic E-state index is 12.9. The monoisotopic (exact) mass is 331 g/mol. The van der Waals surface area contributed by atoms with E-state index in [0.717, 1.165) is 16.7 Å². The Labute approximate surface area is 139 Å². The summed E-state index contributed by atoms with van der Waals surface area (Å²) in [4.78, 5) is 0.392. The second kappa shape index (κ2) is 5.60. The van der Waals surface area contributed by atoms with E-state index in [0.29, 0.717) is 41.7 Å². The predicted octanol–water partition coefficient (Wildman–Crippen LogP) is 3.63. The molecule has 0 spiro atoms. The van der Waals surface area contributed by atoms with E-state index in [1.807, 2.05) is 32.9 Å². The topological polar surface area (TPSA) is 37.4 Å². The molecule has 2 aliphatic rings. The molecule has 3 nitrogen and oxygen atoms in total. The minimum Gasteiger partial charge on any atom is -0.207 e. The van der Waals surface area contributed by atoms with Gasteiger partial charge in [0, 0.05) is 13.1 Å². The summed E-state index contributed by atoms with van der Waals surface area (Å²) in [5.74, 6) is 1.51. The van der Waals surface area contributed by atoms with Crippen molar-refractivity contribution in [2.75, 3.05) is 13.1 Å². The predicted molar refractivity (Wildman–Crippen MR) is 93.5 cm³/mol. The fraction of sp³-hybridized carbons (Fsp3) is 0.474. The largest absolute Gasteiger partial charge is 0.243 e. The number of nitrogens with zero attached hydrogens (tertiary/aromatic N) is 1. The average Bonchev–Trinajstić information content (AvgIpc) is 2.78. The van der Waals surface area contributed by atoms with Crippen LogP contribution in [0.2, 0.25) is 0 Å². The van der Waals surface area contributed by atoms with Gasteiger partial charge in [-0.05, 0) is 56.6 Å². The minimum absolute atomic E-state index is 0.371. The molecule has 2 fully saturated rings. The SMILES string of the molecule is C=C(C)[C@@H]1[C@H]2CN(S(=O)(=O)c3ccc(C)cc3)C[C@H]2[C@@H]1C(=C)C. The molecule has 1 saturated heterocycles. The number of hydrogen-bond acceptors (Lipinski definition) is 2. The molecule has 124 valence electrons. The Balaban J connectivity index is 1.86. The average molecular weight is 331 g/mol. The van der Waals surface area contributed by atoms with Gasteiger partial charge in [-0.25, -0.2) is 8.42 Å². The van der Waals surface area contributed by atoms with E-state index >= 15 is 0 Å². The first-order valence-corrected chi connectivity index (χ1v) is 9.55. The lowest BCUT2D eigenvalue weighted by Gasteiger charge is -2.49. The maximum Gasteiger partial charge on any atom is 0.243 e. The van der Waals surface area contributed by atoms with Gasteiger partial charge >= 0.3 is 0 Å². The lowest BCUT2D eigenvalue weighted by atomic mass is 9.54. The van der Waals surface area contributed by atoms with Gasteiger partial charge in [0.1, 0.15) is 0 Å². The Hall–Kier alpha value is -1.39. The van der Waals surface area contributed by atoms with E-state index in [2.05, 4.69) is 13.2 Å². The zero-order valence-electron chi connectivity index (χ0n) is 14.1. The third-order valence-corrected chi connectivity index (χ3v) is 7.33. The first kappa shape index (κ1) is 16.5. The first-order valence-electron chi connectivity index (χ1n) is 8.11. The van der Waals surface area contributed by atoms with Crippen LogP contribution in [0.25, 0.3) is 0 Å². The number of sulfonamides is 1. The summed E-state index contributed by atoms with van der Waals surface area (Å²) in [7, 11) is -3.41. The van der Waals surface area contributed by atoms with Crippen LogP contribution < -0.4 is 0 Å². The van der Waals surface area contributed by atoms with Crippen molar-refractivity contribution in [3.63, 3.8) is 0 Å². The molecule has 0 bridgehead atoms. The van der Waals surface area contributed by atoms with Gasteiger partial charge in [-0.3, -0.25) is 0 Å². The van der Waals surface area contributed by atoms with Crippen LogP contribution in [-0.2, 0) is 10.0 Å². The van der Waals surface area contributed by atoms with E-state index in [9.17, 15) is 8.42 Å². The van der Waals surface area contributed by atoms with Gasteiger partial charge in [-0.15, -0.1) is 0 Å². The number of allylic oxidation sites excluding steroid dienone is 2. The summed E-state index contributed by atoms with van der Waals surface area (Å²) in [5.41, 5.74) is 3.36. The Morgan fingerprint density at radius 3 is 1.83 bits per heavy atom. The molecule has 0 N–H and O–H groups in total. The Bertz CT molecular complexity index is 720. The Morgan fingerprint density at radius 1 is 1.00 bits per heavy atom. The van der Waals surface area contributed by atoms with Crippen LogP contribution >= 0.6 is 0 Å². The smallest absolute Gasteiger partial charge is 0.207 e. The van der Waals surface area contributed by atoms with Crippen molar-refractivity contribution < 1.29 is 8.42 Å². The summed E-state index contributed by atoms with van der Waals surface area (Å²) in [5, 5.41) is 0. The summed E-state index contributed by atoms with van der Waals surface area (Å²) in [6.45, 7) is 15.5. The van der Waals surface area contributed by atoms with Crippen molar-refractivity contribution in [1.29, 1.82) is 0 Å². The van der Waals surface area contributed by atoms with Gasteiger partial charge in [0.25, 0.3) is 0 Å². The molecule has 4 heteroatoms. The third-order valence-electron chi connectivity index (χ3n) is 5.49. The van der Waals surface area contributed by atoms with E-state index in [-0.39, 0.29) is 0 Å². The zero-order valence-corrected chi connectivity index (χ0v) is 14.9. The third kappa shape index (κ3) is 2.58. The minimum atomic E-state index is -3.41. The normalized spacial score (nSPS) is 30.6. The second-order valence-corrected chi connectivity index (χ2v) is 9.14. The number of benzene rings is 1. The molecule has 4 atom stereocenters. The van der Waals surface area contributed by atoms with E-state index in [1.54, 1.807) is 16.4 Å². The highest BCUT2D eigenvalue weighted by molar-refractivity contribution is 7.89. The van der Waals surface area contributed by atoms with Crippen LogP contribution in [-0.4, -0.2) is 25.8 Å². The molecule has 1 saturated carbocycles. The lowest BCUT2D eigenvalue weighted by molar-refractivity contribution is 0.0744. The lowest BCUT2D eigenvalue weighted by Crippen LogP contribution is -2.46. The summed E-state index contributed by atoms with van der Waals surface area (Å²) >= 11 is 0. The van der Waals surface area contributed by atoms with Crippen LogP contribution in [0.4, 0.5) is 0 Å². The molecule has 23 heavy (non-hydrogen) atoms. The maximum absolute atomic E-state index is 12.9. The molecule has 1 aromatic rings. The van der Waals surface area contributed by atoms with E-state index < -0.39 is 10.0 Å². The number of aryl methyl sites for hydroxylation is 1. The van der Waals surface area contributed by atoms with Crippen molar-refractivity contribution in [1.82, 2.24) is 4.31 Å². The van der Waals surface area contributed by atoms with Crippen molar-refractivity contribution in [2.45, 2.75) is 25.7 Å². The highest BCUT2D eigenvalue weighted by Crippen LogP contribution is 2.56. The van der Waals surface area contributed by atoms with Crippen molar-refractivity contribution >= 4 is 10.0 Å². The highest BCUT2D eigenvalue weighted by Gasteiger charge is 2.56. The molecule has 1 aliphatic carbocycles. The van der Waals surface area contributed by atoms with Crippen LogP contribution in [0.1, 0.15) is 19.4 Å². The molecule has 0 amide bonds. The molecule has 1 aliphatic heterocycles. The first-order chi connectivity index (χ1) is 10.7. The number of hydrogen-bond donors (Lipinski definition) is 0. The molecular weight excluding hydrogens is 306 g/mol. The number of rotatable bonds is 4. The zero-order chi connectivity index (χ0) is 16.9. The molecule has 0 aromatic heterocycles. The highest BCUT2D eigenvalue weighted by atomic mass is 32.2. The molecule has 0 unspecified atom stereocenters. The molecule has 1 aromatic carbocycles. The van der Waals surface area contributed by atoms with Crippen molar-refractivity contribution in [3.05, 3.63) is 54.1 Å². The van der Waals surface area contributed by atoms with Gasteiger partial charge in [-0.1, -0.05) is 42.0 Å². The van der Waals surface area contributed by atoms with Crippen LogP contribution in [0.15, 0.2) is 53.5 Å². The summed E-state index contributed by atoms with van der Waals surface area (Å²) < 4.78 is 27.5. The second-order valence-electron chi connectivity index (χ2n) is 7.21. The van der Waals surface area contributed by atoms with Gasteiger partial charge in [0.15, 0.2) is 0 Å². The Morgan fingerprint density at radius 2 is 1.43 bits per heavy atom. The number of fused-ring (bicyclic) bond motifs is 1. The fourth-order valence-electron chi connectivity index (χ4n) is 4.36. The summed E-state index contributed by atoms with van der Waals surface area (Å²) in [6.07, 6.45) is 0. The van der Waals surface area contributed by atoms with E-state index in [1.165, 1.54) is 0 Å². The fourth-order valence-corrected chi connectivity index (χ4v) is 5.88. The molecular formula is C19H25NO2S. The van der Waals surface area contributed by atoms with Gasteiger partial charge < -0.3 is 0 Å². The van der Waals surface area contributed by atoms with Crippen LogP contribution in [0, 0.1) is 30.6 Å². The van der Waals surface area contributed by atoms with Gasteiger partial charge in [0.2, 0.25) is 10.0 Å². The van der Waals surface area contributed by atoms with Crippen molar-refractivity contribution in [3.8, 4) is 0 Å². The molecule has 1 heterocycles. The van der Waals surface area contributed by atoms with Gasteiger partial charge in [0.05, 0.1) is 4.90 Å². The van der Waals surface area contributed by atoms with Crippen LogP contribution in [0.5, 0.6) is 0 Å². The molecule has 0 radical (unpaired) electrons. The molecule has 3 rings (SSSR count). The van der Waals surface area contributed by atoms with E-state index in [4.69, 9.17) is 0 Å². The van der Waals surface area contributed by atoms with Gasteiger partial charge in [-0.2, -0.15) is 4.31 Å². The summed E-state index contributed by atoms with van der Waals surface area (Å²) in [6, 6.07) is 7.12. The Kier molecular flexibility index (Phi) is 4.01. The van der Waals surface area contributed by atoms with Crippen LogP contribution in [0.3, 0.4) is 0 Å². The standard InChI is InChI=1S/C19H25NO2S/c1-12(2)18-16-10-20(11-17(16)19(18)13(3)4)23(21,22)15-8-6-14(5)7-9-15/h6-9,16-19H,1,3,10-11H2,2,4-5H3/t16-,17+,18+,19-. The van der Waals surface area contributed by atoms with Crippen molar-refractivity contribution in [2.24, 2.45) is 23.7 Å².